The maximum absolute atomic E-state index is 12.6. The van der Waals surface area contributed by atoms with Crippen molar-refractivity contribution in [1.29, 1.82) is 0 Å². The number of rotatable bonds is 12. The van der Waals surface area contributed by atoms with Crippen molar-refractivity contribution in [3.63, 3.8) is 0 Å². The smallest absolute Gasteiger partial charge is 0.265 e. The zero-order chi connectivity index (χ0) is 24.3. The summed E-state index contributed by atoms with van der Waals surface area (Å²) in [5.74, 6) is 0.957. The van der Waals surface area contributed by atoms with Gasteiger partial charge in [0.2, 0.25) is 0 Å². The van der Waals surface area contributed by atoms with Crippen molar-refractivity contribution in [3.8, 4) is 11.5 Å². The summed E-state index contributed by atoms with van der Waals surface area (Å²) in [5, 5.41) is 7.59. The molecule has 34 heavy (non-hydrogen) atoms. The van der Waals surface area contributed by atoms with E-state index in [1.165, 1.54) is 11.3 Å². The number of nitrogens with zero attached hydrogens (tertiary/aromatic N) is 1. The zero-order valence-electron chi connectivity index (χ0n) is 19.8. The average molecular weight is 482 g/mol. The van der Waals surface area contributed by atoms with Gasteiger partial charge in [0.25, 0.3) is 11.8 Å². The van der Waals surface area contributed by atoms with Crippen LogP contribution in [0, 0.1) is 0 Å². The fourth-order valence-electron chi connectivity index (χ4n) is 3.36. The van der Waals surface area contributed by atoms with Crippen LogP contribution in [0.1, 0.15) is 39.4 Å². The van der Waals surface area contributed by atoms with E-state index in [2.05, 4.69) is 29.4 Å². The van der Waals surface area contributed by atoms with E-state index >= 15 is 0 Å². The van der Waals surface area contributed by atoms with Gasteiger partial charge in [-0.15, -0.1) is 11.3 Å². The van der Waals surface area contributed by atoms with Gasteiger partial charge in [-0.05, 0) is 66.5 Å². The predicted octanol–water partition coefficient (Wildman–Crippen LogP) is 4.66. The Kier molecular flexibility index (Phi) is 9.49. The highest BCUT2D eigenvalue weighted by Gasteiger charge is 2.11. The number of anilines is 1. The number of ether oxygens (including phenoxy) is 2. The summed E-state index contributed by atoms with van der Waals surface area (Å²) in [6.07, 6.45) is 0. The fraction of sp³-hybridized carbons (Fsp3) is 0.308. The predicted molar refractivity (Wildman–Crippen MR) is 136 cm³/mol. The van der Waals surface area contributed by atoms with E-state index < -0.39 is 0 Å². The highest BCUT2D eigenvalue weighted by atomic mass is 32.1. The van der Waals surface area contributed by atoms with Gasteiger partial charge in [-0.3, -0.25) is 9.59 Å². The van der Waals surface area contributed by atoms with Crippen LogP contribution < -0.4 is 20.1 Å². The molecule has 0 saturated carbocycles. The van der Waals surface area contributed by atoms with E-state index in [4.69, 9.17) is 9.47 Å². The van der Waals surface area contributed by atoms with Crippen molar-refractivity contribution in [2.45, 2.75) is 20.4 Å². The van der Waals surface area contributed by atoms with E-state index in [1.807, 2.05) is 29.6 Å². The van der Waals surface area contributed by atoms with Crippen molar-refractivity contribution in [2.75, 3.05) is 38.7 Å². The maximum Gasteiger partial charge on any atom is 0.265 e. The molecule has 0 bridgehead atoms. The van der Waals surface area contributed by atoms with Crippen LogP contribution in [0.25, 0.3) is 0 Å². The molecule has 0 aliphatic heterocycles. The Bertz CT molecular complexity index is 1060. The standard InChI is InChI=1S/C26H31N3O4S/c1-4-29(5-2)14-15-33-22-13-8-19(17-23(22)32-3)18-27-25(30)20-9-11-21(12-10-20)28-26(31)24-7-6-16-34-24/h6-13,16-17H,4-5,14-15,18H2,1-3H3,(H,27,30)(H,28,31). The number of hydrogen-bond donors (Lipinski definition) is 2. The summed E-state index contributed by atoms with van der Waals surface area (Å²) >= 11 is 1.38. The van der Waals surface area contributed by atoms with Crippen LogP contribution in [0.15, 0.2) is 60.0 Å². The molecule has 3 aromatic rings. The van der Waals surface area contributed by atoms with E-state index in [9.17, 15) is 9.59 Å². The van der Waals surface area contributed by atoms with Crippen molar-refractivity contribution in [2.24, 2.45) is 0 Å². The number of carbonyl (C=O) groups is 2. The van der Waals surface area contributed by atoms with Gasteiger partial charge in [-0.25, -0.2) is 0 Å². The Morgan fingerprint density at radius 3 is 2.38 bits per heavy atom. The Balaban J connectivity index is 1.52. The van der Waals surface area contributed by atoms with Gasteiger partial charge in [-0.1, -0.05) is 26.0 Å². The molecular formula is C26H31N3O4S. The molecule has 8 heteroatoms. The Hall–Kier alpha value is -3.36. The second-order valence-electron chi connectivity index (χ2n) is 7.55. The molecule has 1 aromatic heterocycles. The number of hydrogen-bond acceptors (Lipinski definition) is 6. The summed E-state index contributed by atoms with van der Waals surface area (Å²) in [5.41, 5.74) is 2.05. The fourth-order valence-corrected chi connectivity index (χ4v) is 3.97. The third-order valence-corrected chi connectivity index (χ3v) is 6.26. The zero-order valence-corrected chi connectivity index (χ0v) is 20.6. The van der Waals surface area contributed by atoms with Crippen molar-refractivity contribution < 1.29 is 19.1 Å². The minimum absolute atomic E-state index is 0.165. The molecule has 0 aliphatic rings. The largest absolute Gasteiger partial charge is 0.493 e. The van der Waals surface area contributed by atoms with Crippen molar-refractivity contribution >= 4 is 28.8 Å². The Morgan fingerprint density at radius 2 is 1.74 bits per heavy atom. The molecule has 180 valence electrons. The first-order chi connectivity index (χ1) is 16.5. The van der Waals surface area contributed by atoms with E-state index in [0.717, 1.165) is 25.2 Å². The summed E-state index contributed by atoms with van der Waals surface area (Å²) in [4.78, 5) is 27.6. The first-order valence-electron chi connectivity index (χ1n) is 11.3. The third kappa shape index (κ3) is 7.07. The molecule has 2 aromatic carbocycles. The lowest BCUT2D eigenvalue weighted by Crippen LogP contribution is -2.28. The summed E-state index contributed by atoms with van der Waals surface area (Å²) in [7, 11) is 1.60. The Morgan fingerprint density at radius 1 is 0.971 bits per heavy atom. The number of likely N-dealkylation sites (N-methyl/N-ethyl adjacent to an activating group) is 1. The quantitative estimate of drug-likeness (QED) is 0.393. The van der Waals surface area contributed by atoms with Crippen LogP contribution >= 0.6 is 11.3 Å². The molecule has 2 N–H and O–H groups in total. The molecular weight excluding hydrogens is 450 g/mol. The van der Waals surface area contributed by atoms with Gasteiger partial charge in [0.05, 0.1) is 12.0 Å². The molecule has 1 heterocycles. The highest BCUT2D eigenvalue weighted by molar-refractivity contribution is 7.12. The third-order valence-electron chi connectivity index (χ3n) is 5.39. The molecule has 0 unspecified atom stereocenters. The van der Waals surface area contributed by atoms with Gasteiger partial charge in [0, 0.05) is 24.3 Å². The van der Waals surface area contributed by atoms with Crippen LogP contribution in [-0.4, -0.2) is 50.1 Å². The highest BCUT2D eigenvalue weighted by Crippen LogP contribution is 2.28. The van der Waals surface area contributed by atoms with Gasteiger partial charge < -0.3 is 25.0 Å². The number of nitrogens with one attached hydrogen (secondary N) is 2. The van der Waals surface area contributed by atoms with E-state index in [-0.39, 0.29) is 11.8 Å². The SMILES string of the molecule is CCN(CC)CCOc1ccc(CNC(=O)c2ccc(NC(=O)c3cccs3)cc2)cc1OC. The van der Waals surface area contributed by atoms with Gasteiger partial charge in [-0.2, -0.15) is 0 Å². The molecule has 0 saturated heterocycles. The van der Waals surface area contributed by atoms with Crippen molar-refractivity contribution in [3.05, 3.63) is 76.0 Å². The molecule has 0 aliphatic carbocycles. The molecule has 2 amide bonds. The number of amides is 2. The summed E-state index contributed by atoms with van der Waals surface area (Å²) in [6.45, 7) is 8.02. The molecule has 3 rings (SSSR count). The van der Waals surface area contributed by atoms with Gasteiger partial charge >= 0.3 is 0 Å². The van der Waals surface area contributed by atoms with E-state index in [1.54, 1.807) is 37.4 Å². The lowest BCUT2D eigenvalue weighted by Gasteiger charge is -2.19. The second kappa shape index (κ2) is 12.8. The second-order valence-corrected chi connectivity index (χ2v) is 8.50. The molecule has 0 fully saturated rings. The van der Waals surface area contributed by atoms with Crippen molar-refractivity contribution in [1.82, 2.24) is 10.2 Å². The lowest BCUT2D eigenvalue weighted by molar-refractivity contribution is 0.0950. The van der Waals surface area contributed by atoms with Crippen LogP contribution in [0.2, 0.25) is 0 Å². The van der Waals surface area contributed by atoms with Gasteiger partial charge in [0.1, 0.15) is 6.61 Å². The molecule has 0 spiro atoms. The maximum atomic E-state index is 12.6. The monoisotopic (exact) mass is 481 g/mol. The summed E-state index contributed by atoms with van der Waals surface area (Å²) < 4.78 is 11.4. The number of thiophene rings is 1. The average Bonchev–Trinajstić information content (AvgIpc) is 3.41. The number of benzene rings is 2. The van der Waals surface area contributed by atoms with Crippen LogP contribution in [0.5, 0.6) is 11.5 Å². The molecule has 7 nitrogen and oxygen atoms in total. The minimum atomic E-state index is -0.199. The Labute approximate surface area is 204 Å². The van der Waals surface area contributed by atoms with E-state index in [0.29, 0.717) is 40.8 Å². The van der Waals surface area contributed by atoms with Crippen LogP contribution in [0.3, 0.4) is 0 Å². The lowest BCUT2D eigenvalue weighted by atomic mass is 10.1. The number of methoxy groups -OCH3 is 1. The normalized spacial score (nSPS) is 10.7. The molecule has 0 atom stereocenters. The van der Waals surface area contributed by atoms with Gasteiger partial charge in [0.15, 0.2) is 11.5 Å². The molecule has 0 radical (unpaired) electrons. The van der Waals surface area contributed by atoms with Crippen LogP contribution in [0.4, 0.5) is 5.69 Å². The minimum Gasteiger partial charge on any atom is -0.493 e. The topological polar surface area (TPSA) is 79.9 Å². The number of carbonyl (C=O) groups excluding carboxylic acids is 2. The summed E-state index contributed by atoms with van der Waals surface area (Å²) in [6, 6.07) is 16.1. The first-order valence-corrected chi connectivity index (χ1v) is 12.2. The first kappa shape index (κ1) is 25.3. The van der Waals surface area contributed by atoms with Crippen LogP contribution in [-0.2, 0) is 6.54 Å².